The Bertz CT molecular complexity index is 482. The summed E-state index contributed by atoms with van der Waals surface area (Å²) in [6.07, 6.45) is 2.27. The summed E-state index contributed by atoms with van der Waals surface area (Å²) in [5, 5.41) is 3.81. The van der Waals surface area contributed by atoms with E-state index in [1.54, 1.807) is 7.05 Å². The van der Waals surface area contributed by atoms with Crippen LogP contribution < -0.4 is 56.8 Å². The first-order chi connectivity index (χ1) is 6.48. The van der Waals surface area contributed by atoms with Gasteiger partial charge in [-0.15, -0.1) is 0 Å². The van der Waals surface area contributed by atoms with Crippen LogP contribution >= 0.6 is 0 Å². The smallest absolute Gasteiger partial charge is 0.445 e. The van der Waals surface area contributed by atoms with Gasteiger partial charge in [-0.05, 0) is 0 Å². The molecule has 0 aliphatic carbocycles. The molecule has 0 aliphatic rings. The summed E-state index contributed by atoms with van der Waals surface area (Å²) >= 11 is 0. The third-order valence-electron chi connectivity index (χ3n) is 2.00. The number of aryl methyl sites for hydroxylation is 1. The molecule has 2 heterocycles. The molecule has 0 fully saturated rings. The Morgan fingerprint density at radius 1 is 1.27 bits per heavy atom. The molecule has 0 atom stereocenters. The van der Waals surface area contributed by atoms with E-state index in [2.05, 4.69) is 10.1 Å². The second-order valence-electron chi connectivity index (χ2n) is 3.02. The number of fused-ring (bicyclic) bond motifs is 1. The average Bonchev–Trinajstić information content (AvgIpc) is 2.46. The molecule has 0 amide bonds. The van der Waals surface area contributed by atoms with Gasteiger partial charge in [0.15, 0.2) is 0 Å². The fourth-order valence-corrected chi connectivity index (χ4v) is 1.22. The Morgan fingerprint density at radius 3 is 2.53 bits per heavy atom. The Morgan fingerprint density at radius 2 is 1.93 bits per heavy atom. The molecule has 3 nitrogen and oxygen atoms in total. The third-order valence-corrected chi connectivity index (χ3v) is 2.00. The van der Waals surface area contributed by atoms with E-state index in [0.717, 1.165) is 12.3 Å². The normalized spacial score (nSPS) is 11.5. The topological polar surface area (TPSA) is 30.7 Å². The van der Waals surface area contributed by atoms with Crippen LogP contribution in [0.2, 0.25) is 0 Å². The van der Waals surface area contributed by atoms with Crippen molar-refractivity contribution in [3.8, 4) is 0 Å². The molecule has 0 saturated carbocycles. The minimum atomic E-state index is -4.98. The summed E-state index contributed by atoms with van der Waals surface area (Å²) in [5.41, 5.74) is 0.166. The average molecular weight is 239 g/mol. The van der Waals surface area contributed by atoms with E-state index in [1.165, 1.54) is 10.9 Å². The largest absolute Gasteiger partial charge is 1.00 e. The van der Waals surface area contributed by atoms with Crippen LogP contribution in [-0.2, 0) is 7.05 Å². The summed E-state index contributed by atoms with van der Waals surface area (Å²) in [4.78, 5) is 3.68. The van der Waals surface area contributed by atoms with Crippen LogP contribution in [-0.4, -0.2) is 21.7 Å². The van der Waals surface area contributed by atoms with Gasteiger partial charge in [0.25, 0.3) is 0 Å². The van der Waals surface area contributed by atoms with Gasteiger partial charge in [0, 0.05) is 13.2 Å². The minimum absolute atomic E-state index is 0. The third kappa shape index (κ3) is 2.62. The SMILES string of the molecule is Cn1ncc2ncc([B-](F)(F)F)cc21.[K+]. The van der Waals surface area contributed by atoms with Gasteiger partial charge in [-0.3, -0.25) is 9.67 Å². The fraction of sp³-hybridized carbons (Fsp3) is 0.143. The maximum Gasteiger partial charge on any atom is 1.00 e. The Balaban J connectivity index is 0.00000112. The van der Waals surface area contributed by atoms with E-state index >= 15 is 0 Å². The molecule has 0 radical (unpaired) electrons. The van der Waals surface area contributed by atoms with Gasteiger partial charge < -0.3 is 12.9 Å². The van der Waals surface area contributed by atoms with Crippen LogP contribution in [0.15, 0.2) is 18.5 Å². The van der Waals surface area contributed by atoms with Crippen LogP contribution in [0, 0.1) is 0 Å². The number of hydrogen-bond acceptors (Lipinski definition) is 2. The first-order valence-electron chi connectivity index (χ1n) is 3.96. The molecular weight excluding hydrogens is 233 g/mol. The first kappa shape index (κ1) is 13.2. The number of rotatable bonds is 1. The predicted molar refractivity (Wildman–Crippen MR) is 47.2 cm³/mol. The van der Waals surface area contributed by atoms with Gasteiger partial charge in [0.1, 0.15) is 5.52 Å². The van der Waals surface area contributed by atoms with Crippen molar-refractivity contribution in [2.24, 2.45) is 7.05 Å². The van der Waals surface area contributed by atoms with Crippen molar-refractivity contribution in [1.82, 2.24) is 14.8 Å². The zero-order valence-corrected chi connectivity index (χ0v) is 11.4. The van der Waals surface area contributed by atoms with Crippen molar-refractivity contribution in [3.63, 3.8) is 0 Å². The van der Waals surface area contributed by atoms with Crippen LogP contribution in [0.3, 0.4) is 0 Å². The summed E-state index contributed by atoms with van der Waals surface area (Å²) in [7, 11) is 1.58. The second-order valence-corrected chi connectivity index (χ2v) is 3.02. The molecule has 0 aliphatic heterocycles. The monoisotopic (exact) mass is 239 g/mol. The van der Waals surface area contributed by atoms with Crippen LogP contribution in [0.4, 0.5) is 12.9 Å². The van der Waals surface area contributed by atoms with Gasteiger partial charge in [-0.1, -0.05) is 11.5 Å². The first-order valence-corrected chi connectivity index (χ1v) is 3.96. The number of aromatic nitrogens is 3. The van der Waals surface area contributed by atoms with Crippen LogP contribution in [0.25, 0.3) is 11.0 Å². The summed E-state index contributed by atoms with van der Waals surface area (Å²) in [5.74, 6) is 0. The molecule has 0 unspecified atom stereocenters. The standard InChI is InChI=1S/C7H6BF3N3.K/c1-14-7-2-5(8(9,10)11)3-12-6(7)4-13-14;/h2-4H,1H3;/q-1;+1. The van der Waals surface area contributed by atoms with Gasteiger partial charge in [0.05, 0.1) is 11.7 Å². The van der Waals surface area contributed by atoms with Gasteiger partial charge >= 0.3 is 58.4 Å². The van der Waals surface area contributed by atoms with Crippen molar-refractivity contribution < 1.29 is 64.3 Å². The van der Waals surface area contributed by atoms with Crippen molar-refractivity contribution in [3.05, 3.63) is 18.5 Å². The van der Waals surface area contributed by atoms with Crippen LogP contribution in [0.1, 0.15) is 0 Å². The number of halogens is 3. The second kappa shape index (κ2) is 4.54. The van der Waals surface area contributed by atoms with Crippen molar-refractivity contribution in [2.45, 2.75) is 0 Å². The quantitative estimate of drug-likeness (QED) is 0.540. The minimum Gasteiger partial charge on any atom is -0.445 e. The molecule has 0 N–H and O–H groups in total. The van der Waals surface area contributed by atoms with E-state index in [4.69, 9.17) is 0 Å². The molecule has 2 aromatic heterocycles. The van der Waals surface area contributed by atoms with Crippen molar-refractivity contribution >= 4 is 23.5 Å². The predicted octanol–water partition coefficient (Wildman–Crippen LogP) is -1.97. The molecule has 0 saturated heterocycles. The number of hydrogen-bond donors (Lipinski definition) is 0. The van der Waals surface area contributed by atoms with E-state index in [-0.39, 0.29) is 51.4 Å². The molecule has 0 aromatic carbocycles. The molecule has 15 heavy (non-hydrogen) atoms. The summed E-state index contributed by atoms with van der Waals surface area (Å²) < 4.78 is 38.4. The van der Waals surface area contributed by atoms with Crippen molar-refractivity contribution in [1.29, 1.82) is 0 Å². The fourth-order valence-electron chi connectivity index (χ4n) is 1.22. The molecule has 8 heteroatoms. The molecule has 2 rings (SSSR count). The van der Waals surface area contributed by atoms with Gasteiger partial charge in [-0.2, -0.15) is 5.10 Å². The number of nitrogens with zero attached hydrogens (tertiary/aromatic N) is 3. The molecule has 0 bridgehead atoms. The van der Waals surface area contributed by atoms with E-state index in [1.807, 2.05) is 0 Å². The van der Waals surface area contributed by atoms with Gasteiger partial charge in [-0.25, -0.2) is 0 Å². The summed E-state index contributed by atoms with van der Waals surface area (Å²) in [6, 6.07) is 1.06. The number of pyridine rings is 1. The van der Waals surface area contributed by atoms with Crippen LogP contribution in [0.5, 0.6) is 0 Å². The zero-order valence-electron chi connectivity index (χ0n) is 8.28. The van der Waals surface area contributed by atoms with Gasteiger partial charge in [0.2, 0.25) is 0 Å². The maximum absolute atomic E-state index is 12.3. The van der Waals surface area contributed by atoms with E-state index < -0.39 is 12.4 Å². The maximum atomic E-state index is 12.3. The Kier molecular flexibility index (Phi) is 3.99. The zero-order chi connectivity index (χ0) is 10.3. The molecule has 2 aromatic rings. The molecule has 74 valence electrons. The molecular formula is C7H6BF3KN3. The van der Waals surface area contributed by atoms with E-state index in [9.17, 15) is 12.9 Å². The summed E-state index contributed by atoms with van der Waals surface area (Å²) in [6.45, 7) is -4.98. The van der Waals surface area contributed by atoms with E-state index in [0.29, 0.717) is 11.0 Å². The van der Waals surface area contributed by atoms with Crippen molar-refractivity contribution in [2.75, 3.05) is 0 Å². The Labute approximate surface area is 127 Å². The Hall–Kier alpha value is 0.111. The molecule has 0 spiro atoms.